The van der Waals surface area contributed by atoms with Gasteiger partial charge in [-0.2, -0.15) is 0 Å². The van der Waals surface area contributed by atoms with Crippen LogP contribution in [0.2, 0.25) is 10.0 Å². The quantitative estimate of drug-likeness (QED) is 0.332. The zero-order valence-corrected chi connectivity index (χ0v) is 18.7. The number of aromatic nitrogens is 2. The van der Waals surface area contributed by atoms with Crippen LogP contribution in [0.5, 0.6) is 0 Å². The minimum absolute atomic E-state index is 0.148. The number of hydrogen-bond acceptors (Lipinski definition) is 3. The molecule has 0 amide bonds. The molecule has 0 bridgehead atoms. The van der Waals surface area contributed by atoms with E-state index in [2.05, 4.69) is 4.98 Å². The van der Waals surface area contributed by atoms with Crippen LogP contribution < -0.4 is 0 Å². The van der Waals surface area contributed by atoms with E-state index in [1.54, 1.807) is 59.3 Å². The fraction of sp³-hybridized carbons (Fsp3) is 0.0455. The van der Waals surface area contributed by atoms with Crippen LogP contribution in [0.25, 0.3) is 22.1 Å². The number of fused-ring (bicyclic) bond motifs is 1. The maximum Gasteiger partial charge on any atom is 0.184 e. The molecule has 30 heavy (non-hydrogen) atoms. The van der Waals surface area contributed by atoms with Crippen molar-refractivity contribution in [2.45, 2.75) is 5.75 Å². The van der Waals surface area contributed by atoms with Crippen molar-refractivity contribution in [1.82, 2.24) is 9.55 Å². The summed E-state index contributed by atoms with van der Waals surface area (Å²) >= 11 is 17.4. The Morgan fingerprint density at radius 3 is 2.20 bits per heavy atom. The van der Waals surface area contributed by atoms with Crippen LogP contribution in [0.15, 0.2) is 72.8 Å². The van der Waals surface area contributed by atoms with Crippen molar-refractivity contribution in [2.24, 2.45) is 0 Å². The second-order valence-electron chi connectivity index (χ2n) is 6.70. The van der Waals surface area contributed by atoms with Gasteiger partial charge >= 0.3 is 0 Å². The van der Waals surface area contributed by atoms with Crippen molar-refractivity contribution in [3.8, 4) is 0 Å². The van der Waals surface area contributed by atoms with Gasteiger partial charge < -0.3 is 4.98 Å². The summed E-state index contributed by atoms with van der Waals surface area (Å²) in [5.41, 5.74) is 2.78. The average molecular weight is 475 g/mol. The molecular weight excluding hydrogens is 459 g/mol. The van der Waals surface area contributed by atoms with Crippen LogP contribution in [-0.4, -0.2) is 18.0 Å². The van der Waals surface area contributed by atoms with E-state index >= 15 is 0 Å². The lowest BCUT2D eigenvalue weighted by Crippen LogP contribution is -2.08. The first-order valence-electron chi connectivity index (χ1n) is 8.98. The average Bonchev–Trinajstić information content (AvgIpc) is 3.03. The van der Waals surface area contributed by atoms with Gasteiger partial charge in [0.05, 0.1) is 21.7 Å². The summed E-state index contributed by atoms with van der Waals surface area (Å²) in [6, 6.07) is 21.0. The lowest BCUT2D eigenvalue weighted by Gasteiger charge is -2.11. The number of nitrogens with zero attached hydrogens (tertiary/aromatic N) is 1. The highest BCUT2D eigenvalue weighted by molar-refractivity contribution is 8.00. The number of para-hydroxylation sites is 2. The van der Waals surface area contributed by atoms with Crippen molar-refractivity contribution in [3.63, 3.8) is 0 Å². The Bertz CT molecular complexity index is 1400. The van der Waals surface area contributed by atoms with Crippen LogP contribution in [0.1, 0.15) is 11.1 Å². The molecule has 0 atom stereocenters. The van der Waals surface area contributed by atoms with E-state index < -0.39 is 9.84 Å². The summed E-state index contributed by atoms with van der Waals surface area (Å²) in [6.45, 7) is 0. The number of sulfone groups is 1. The summed E-state index contributed by atoms with van der Waals surface area (Å²) in [6.07, 6.45) is 1.57. The van der Waals surface area contributed by atoms with Gasteiger partial charge in [0, 0.05) is 16.2 Å². The smallest absolute Gasteiger partial charge is 0.184 e. The molecule has 0 spiro atoms. The zero-order valence-electron chi connectivity index (χ0n) is 15.5. The second-order valence-corrected chi connectivity index (χ2v) is 9.92. The van der Waals surface area contributed by atoms with Crippen molar-refractivity contribution in [2.75, 3.05) is 0 Å². The molecule has 0 saturated carbocycles. The predicted octanol–water partition coefficient (Wildman–Crippen LogP) is 6.58. The van der Waals surface area contributed by atoms with E-state index in [-0.39, 0.29) is 10.7 Å². The van der Waals surface area contributed by atoms with Gasteiger partial charge in [0.2, 0.25) is 0 Å². The Labute approximate surface area is 189 Å². The third-order valence-corrected chi connectivity index (χ3v) is 7.13. The molecule has 0 aliphatic heterocycles. The van der Waals surface area contributed by atoms with Crippen molar-refractivity contribution in [3.05, 3.63) is 98.7 Å². The summed E-state index contributed by atoms with van der Waals surface area (Å²) in [5.74, 6) is -0.172. The summed E-state index contributed by atoms with van der Waals surface area (Å²) in [5, 5.41) is 1.08. The molecule has 4 aromatic rings. The molecule has 0 radical (unpaired) electrons. The molecule has 0 aliphatic carbocycles. The summed E-state index contributed by atoms with van der Waals surface area (Å²) in [4.78, 5) is 3.25. The van der Waals surface area contributed by atoms with Crippen LogP contribution >= 0.6 is 35.4 Å². The molecule has 0 saturated heterocycles. The number of H-pyrrole nitrogens is 1. The third-order valence-electron chi connectivity index (χ3n) is 4.60. The highest BCUT2D eigenvalue weighted by Crippen LogP contribution is 2.28. The van der Waals surface area contributed by atoms with E-state index in [9.17, 15) is 8.42 Å². The van der Waals surface area contributed by atoms with Crippen molar-refractivity contribution in [1.29, 1.82) is 0 Å². The fourth-order valence-electron chi connectivity index (χ4n) is 3.15. The molecule has 1 heterocycles. The van der Waals surface area contributed by atoms with E-state index in [0.29, 0.717) is 25.9 Å². The highest BCUT2D eigenvalue weighted by atomic mass is 35.5. The monoisotopic (exact) mass is 474 g/mol. The molecule has 4 rings (SSSR count). The van der Waals surface area contributed by atoms with Gasteiger partial charge in [0.15, 0.2) is 14.6 Å². The van der Waals surface area contributed by atoms with E-state index in [1.807, 2.05) is 24.3 Å². The number of aromatic amines is 1. The van der Waals surface area contributed by atoms with Gasteiger partial charge in [-0.25, -0.2) is 8.42 Å². The summed E-state index contributed by atoms with van der Waals surface area (Å²) < 4.78 is 29.0. The topological polar surface area (TPSA) is 54.9 Å². The maximum atomic E-state index is 13.5. The molecule has 0 unspecified atom stereocenters. The van der Waals surface area contributed by atoms with Crippen LogP contribution in [0, 0.1) is 4.77 Å². The van der Waals surface area contributed by atoms with E-state index in [0.717, 1.165) is 11.0 Å². The van der Waals surface area contributed by atoms with Gasteiger partial charge in [0.1, 0.15) is 0 Å². The Hall–Kier alpha value is -2.38. The molecule has 1 N–H and O–H groups in total. The first kappa shape index (κ1) is 20.9. The number of nitrogens with one attached hydrogen (secondary N) is 1. The van der Waals surface area contributed by atoms with E-state index in [4.69, 9.17) is 35.4 Å². The predicted molar refractivity (Wildman–Crippen MR) is 127 cm³/mol. The van der Waals surface area contributed by atoms with Gasteiger partial charge in [-0.15, -0.1) is 0 Å². The Balaban J connectivity index is 1.89. The first-order valence-corrected chi connectivity index (χ1v) is 11.8. The zero-order chi connectivity index (χ0) is 21.3. The standard InChI is InChI=1S/C22H16Cl2N2O2S2/c23-17-9-5-15(6-10-17)14-30(27,28)21(16-7-11-18(24)12-8-16)13-26-20-4-2-1-3-19(20)25-22(26)29/h1-13H,14H2,(H,25,29)/b21-13+. The Morgan fingerprint density at radius 1 is 0.933 bits per heavy atom. The minimum atomic E-state index is -3.72. The summed E-state index contributed by atoms with van der Waals surface area (Å²) in [7, 11) is -3.72. The molecule has 4 nitrogen and oxygen atoms in total. The van der Waals surface area contributed by atoms with Crippen molar-refractivity contribution >= 4 is 67.4 Å². The lowest BCUT2D eigenvalue weighted by molar-refractivity contribution is 0.605. The van der Waals surface area contributed by atoms with Gasteiger partial charge in [-0.3, -0.25) is 4.57 Å². The molecule has 1 aromatic heterocycles. The molecule has 0 fully saturated rings. The SMILES string of the molecule is O=S(=O)(Cc1ccc(Cl)cc1)/C(=C/n1c(=S)[nH]c2ccccc21)c1ccc(Cl)cc1. The maximum absolute atomic E-state index is 13.5. The van der Waals surface area contributed by atoms with E-state index in [1.165, 1.54) is 0 Å². The van der Waals surface area contributed by atoms with Crippen molar-refractivity contribution < 1.29 is 8.42 Å². The second kappa shape index (κ2) is 8.40. The molecule has 152 valence electrons. The number of imidazole rings is 1. The minimum Gasteiger partial charge on any atom is -0.330 e. The van der Waals surface area contributed by atoms with Crippen LogP contribution in [0.4, 0.5) is 0 Å². The first-order chi connectivity index (χ1) is 14.3. The highest BCUT2D eigenvalue weighted by Gasteiger charge is 2.22. The molecule has 0 aliphatic rings. The number of hydrogen-bond donors (Lipinski definition) is 1. The molecule has 8 heteroatoms. The lowest BCUT2D eigenvalue weighted by atomic mass is 10.2. The van der Waals surface area contributed by atoms with Crippen LogP contribution in [-0.2, 0) is 15.6 Å². The molecule has 3 aromatic carbocycles. The Morgan fingerprint density at radius 2 is 1.53 bits per heavy atom. The number of rotatable bonds is 5. The van der Waals surface area contributed by atoms with Crippen LogP contribution in [0.3, 0.4) is 0 Å². The van der Waals surface area contributed by atoms with Gasteiger partial charge in [-0.05, 0) is 59.7 Å². The molecular formula is C22H16Cl2N2O2S2. The third kappa shape index (κ3) is 4.37. The largest absolute Gasteiger partial charge is 0.330 e. The Kier molecular flexibility index (Phi) is 5.84. The normalized spacial score (nSPS) is 12.4. The fourth-order valence-corrected chi connectivity index (χ4v) is 5.21. The van der Waals surface area contributed by atoms with Gasteiger partial charge in [0.25, 0.3) is 0 Å². The number of halogens is 2. The van der Waals surface area contributed by atoms with Gasteiger partial charge in [-0.1, -0.05) is 59.6 Å². The number of benzene rings is 3.